The standard InChI is InChI=1S/C18H20F3N3O5/c1-3-16(26)24-7-6-23(17(27)11-24)10-15(25)22-9-12-8-13(29-18(19,20)21)4-5-14(12)28-2/h3-5,8H,1,6-7,9-11H2,2H3,(H,22,25). The molecule has 158 valence electrons. The van der Waals surface area contributed by atoms with Gasteiger partial charge in [0.25, 0.3) is 0 Å². The van der Waals surface area contributed by atoms with Crippen LogP contribution in [0.15, 0.2) is 30.9 Å². The first-order chi connectivity index (χ1) is 13.6. The maximum Gasteiger partial charge on any atom is 0.573 e. The highest BCUT2D eigenvalue weighted by molar-refractivity contribution is 5.93. The van der Waals surface area contributed by atoms with E-state index in [1.165, 1.54) is 23.0 Å². The molecule has 8 nitrogen and oxygen atoms in total. The van der Waals surface area contributed by atoms with E-state index in [1.54, 1.807) is 0 Å². The van der Waals surface area contributed by atoms with Gasteiger partial charge in [0.05, 0.1) is 13.7 Å². The zero-order chi connectivity index (χ0) is 21.6. The fraction of sp³-hybridized carbons (Fsp3) is 0.389. The molecule has 3 amide bonds. The van der Waals surface area contributed by atoms with E-state index >= 15 is 0 Å². The number of amides is 3. The lowest BCUT2D eigenvalue weighted by Crippen LogP contribution is -2.54. The van der Waals surface area contributed by atoms with E-state index in [0.717, 1.165) is 18.2 Å². The number of methoxy groups -OCH3 is 1. The summed E-state index contributed by atoms with van der Waals surface area (Å²) >= 11 is 0. The molecule has 0 atom stereocenters. The van der Waals surface area contributed by atoms with Crippen LogP contribution >= 0.6 is 0 Å². The molecule has 0 spiro atoms. The first-order valence-electron chi connectivity index (χ1n) is 8.51. The van der Waals surface area contributed by atoms with Crippen LogP contribution in [-0.4, -0.2) is 67.2 Å². The van der Waals surface area contributed by atoms with E-state index in [1.807, 2.05) is 0 Å². The molecule has 1 fully saturated rings. The maximum absolute atomic E-state index is 12.4. The molecule has 1 saturated heterocycles. The van der Waals surface area contributed by atoms with Gasteiger partial charge in [-0.05, 0) is 24.3 Å². The molecule has 0 unspecified atom stereocenters. The molecule has 0 bridgehead atoms. The van der Waals surface area contributed by atoms with E-state index in [2.05, 4.69) is 16.6 Å². The second-order valence-electron chi connectivity index (χ2n) is 6.08. The second kappa shape index (κ2) is 9.30. The molecule has 0 saturated carbocycles. The molecule has 11 heteroatoms. The number of rotatable bonds is 7. The topological polar surface area (TPSA) is 88.2 Å². The number of carbonyl (C=O) groups excluding carboxylic acids is 3. The van der Waals surface area contributed by atoms with Crippen LogP contribution < -0.4 is 14.8 Å². The monoisotopic (exact) mass is 415 g/mol. The summed E-state index contributed by atoms with van der Waals surface area (Å²) in [5.41, 5.74) is 0.273. The van der Waals surface area contributed by atoms with Crippen molar-refractivity contribution in [1.82, 2.24) is 15.1 Å². The number of nitrogens with zero attached hydrogens (tertiary/aromatic N) is 2. The molecular formula is C18H20F3N3O5. The first-order valence-corrected chi connectivity index (χ1v) is 8.51. The summed E-state index contributed by atoms with van der Waals surface area (Å²) in [4.78, 5) is 38.4. The van der Waals surface area contributed by atoms with Gasteiger partial charge in [-0.1, -0.05) is 6.58 Å². The smallest absolute Gasteiger partial charge is 0.496 e. The molecule has 2 rings (SSSR count). The fourth-order valence-corrected chi connectivity index (χ4v) is 2.71. The van der Waals surface area contributed by atoms with Crippen molar-refractivity contribution < 1.29 is 37.0 Å². The van der Waals surface area contributed by atoms with Crippen LogP contribution in [0.5, 0.6) is 11.5 Å². The minimum absolute atomic E-state index is 0.125. The number of benzene rings is 1. The Bertz CT molecular complexity index is 797. The Morgan fingerprint density at radius 1 is 1.31 bits per heavy atom. The summed E-state index contributed by atoms with van der Waals surface area (Å²) in [5.74, 6) is -1.44. The zero-order valence-corrected chi connectivity index (χ0v) is 15.6. The summed E-state index contributed by atoms with van der Waals surface area (Å²) in [5, 5.41) is 2.53. The number of hydrogen-bond acceptors (Lipinski definition) is 5. The summed E-state index contributed by atoms with van der Waals surface area (Å²) in [7, 11) is 1.34. The van der Waals surface area contributed by atoms with Gasteiger partial charge in [-0.2, -0.15) is 0 Å². The molecule has 1 N–H and O–H groups in total. The molecule has 0 aliphatic carbocycles. The van der Waals surface area contributed by atoms with Crippen LogP contribution in [-0.2, 0) is 20.9 Å². The third kappa shape index (κ3) is 6.40. The fourth-order valence-electron chi connectivity index (χ4n) is 2.71. The van der Waals surface area contributed by atoms with Gasteiger partial charge in [0, 0.05) is 25.2 Å². The van der Waals surface area contributed by atoms with Crippen molar-refractivity contribution in [3.63, 3.8) is 0 Å². The largest absolute Gasteiger partial charge is 0.573 e. The minimum atomic E-state index is -4.84. The number of halogens is 3. The van der Waals surface area contributed by atoms with Crippen molar-refractivity contribution in [3.05, 3.63) is 36.4 Å². The molecule has 0 aromatic heterocycles. The van der Waals surface area contributed by atoms with Gasteiger partial charge < -0.3 is 24.6 Å². The highest BCUT2D eigenvalue weighted by Crippen LogP contribution is 2.28. The predicted octanol–water partition coefficient (Wildman–Crippen LogP) is 1.07. The highest BCUT2D eigenvalue weighted by Gasteiger charge is 2.31. The van der Waals surface area contributed by atoms with Crippen LogP contribution in [0.3, 0.4) is 0 Å². The number of hydrogen-bond donors (Lipinski definition) is 1. The number of piperazine rings is 1. The Hall–Kier alpha value is -3.24. The van der Waals surface area contributed by atoms with Crippen molar-refractivity contribution >= 4 is 17.7 Å². The summed E-state index contributed by atoms with van der Waals surface area (Å²) in [6, 6.07) is 3.50. The van der Waals surface area contributed by atoms with Gasteiger partial charge in [-0.15, -0.1) is 13.2 Å². The Labute approximate surface area is 164 Å². The summed E-state index contributed by atoms with van der Waals surface area (Å²) in [6.45, 7) is 3.30. The van der Waals surface area contributed by atoms with Crippen molar-refractivity contribution in [2.24, 2.45) is 0 Å². The number of carbonyl (C=O) groups is 3. The first kappa shape index (κ1) is 22.1. The number of nitrogens with one attached hydrogen (secondary N) is 1. The maximum atomic E-state index is 12.4. The minimum Gasteiger partial charge on any atom is -0.496 e. The van der Waals surface area contributed by atoms with Gasteiger partial charge in [0.1, 0.15) is 18.0 Å². The SMILES string of the molecule is C=CC(=O)N1CCN(CC(=O)NCc2cc(OC(F)(F)F)ccc2OC)C(=O)C1. The van der Waals surface area contributed by atoms with E-state index in [0.29, 0.717) is 0 Å². The highest BCUT2D eigenvalue weighted by atomic mass is 19.4. The quantitative estimate of drug-likeness (QED) is 0.673. The van der Waals surface area contributed by atoms with Crippen LogP contribution in [0, 0.1) is 0 Å². The lowest BCUT2D eigenvalue weighted by molar-refractivity contribution is -0.274. The van der Waals surface area contributed by atoms with Crippen molar-refractivity contribution in [2.45, 2.75) is 12.9 Å². The van der Waals surface area contributed by atoms with Crippen LogP contribution in [0.4, 0.5) is 13.2 Å². The molecule has 1 aromatic carbocycles. The molecule has 0 radical (unpaired) electrons. The number of alkyl halides is 3. The molecule has 29 heavy (non-hydrogen) atoms. The van der Waals surface area contributed by atoms with Crippen molar-refractivity contribution in [3.8, 4) is 11.5 Å². The van der Waals surface area contributed by atoms with E-state index in [4.69, 9.17) is 4.74 Å². The average Bonchev–Trinajstić information content (AvgIpc) is 2.66. The normalized spacial score (nSPS) is 14.4. The van der Waals surface area contributed by atoms with E-state index < -0.39 is 18.0 Å². The second-order valence-corrected chi connectivity index (χ2v) is 6.08. The summed E-state index contributed by atoms with van der Waals surface area (Å²) in [6.07, 6.45) is -3.73. The zero-order valence-electron chi connectivity index (χ0n) is 15.6. The number of ether oxygens (including phenoxy) is 2. The van der Waals surface area contributed by atoms with Crippen LogP contribution in [0.2, 0.25) is 0 Å². The van der Waals surface area contributed by atoms with E-state index in [-0.39, 0.29) is 55.9 Å². The molecule has 1 heterocycles. The predicted molar refractivity (Wildman–Crippen MR) is 94.9 cm³/mol. The summed E-state index contributed by atoms with van der Waals surface area (Å²) < 4.78 is 46.1. The molecular weight excluding hydrogens is 395 g/mol. The Morgan fingerprint density at radius 3 is 2.62 bits per heavy atom. The van der Waals surface area contributed by atoms with Gasteiger partial charge in [0.15, 0.2) is 0 Å². The van der Waals surface area contributed by atoms with E-state index in [9.17, 15) is 27.6 Å². The van der Waals surface area contributed by atoms with Gasteiger partial charge >= 0.3 is 6.36 Å². The Kier molecular flexibility index (Phi) is 7.08. The van der Waals surface area contributed by atoms with Gasteiger partial charge in [0.2, 0.25) is 17.7 Å². The third-order valence-electron chi connectivity index (χ3n) is 4.10. The third-order valence-corrected chi connectivity index (χ3v) is 4.10. The van der Waals surface area contributed by atoms with Gasteiger partial charge in [-0.3, -0.25) is 14.4 Å². The molecule has 1 aliphatic heterocycles. The lowest BCUT2D eigenvalue weighted by Gasteiger charge is -2.33. The van der Waals surface area contributed by atoms with Crippen LogP contribution in [0.1, 0.15) is 5.56 Å². The van der Waals surface area contributed by atoms with Gasteiger partial charge in [-0.25, -0.2) is 0 Å². The van der Waals surface area contributed by atoms with Crippen molar-refractivity contribution in [1.29, 1.82) is 0 Å². The average molecular weight is 415 g/mol. The lowest BCUT2D eigenvalue weighted by atomic mass is 10.2. The molecule has 1 aromatic rings. The van der Waals surface area contributed by atoms with Crippen LogP contribution in [0.25, 0.3) is 0 Å². The Morgan fingerprint density at radius 2 is 2.03 bits per heavy atom. The molecule has 1 aliphatic rings. The Balaban J connectivity index is 1.93. The van der Waals surface area contributed by atoms with Crippen molar-refractivity contribution in [2.75, 3.05) is 33.3 Å².